The van der Waals surface area contributed by atoms with E-state index in [0.717, 1.165) is 29.9 Å². The molecule has 4 heteroatoms. The second-order valence-corrected chi connectivity index (χ2v) is 4.89. The minimum Gasteiger partial charge on any atom is -0.493 e. The van der Waals surface area contributed by atoms with E-state index in [1.165, 1.54) is 12.8 Å². The second kappa shape index (κ2) is 7.15. The molecule has 1 aliphatic rings. The van der Waals surface area contributed by atoms with Crippen LogP contribution < -0.4 is 10.1 Å². The van der Waals surface area contributed by atoms with E-state index < -0.39 is 0 Å². The van der Waals surface area contributed by atoms with Gasteiger partial charge in [-0.2, -0.15) is 0 Å². The summed E-state index contributed by atoms with van der Waals surface area (Å²) in [4.78, 5) is 0. The Balaban J connectivity index is 0.00000128. The van der Waals surface area contributed by atoms with Crippen LogP contribution in [-0.4, -0.2) is 19.7 Å². The lowest BCUT2D eigenvalue weighted by Crippen LogP contribution is -2.33. The van der Waals surface area contributed by atoms with Gasteiger partial charge < -0.3 is 10.1 Å². The van der Waals surface area contributed by atoms with Crippen LogP contribution in [0.5, 0.6) is 5.75 Å². The van der Waals surface area contributed by atoms with Crippen LogP contribution in [0.25, 0.3) is 0 Å². The molecule has 16 heavy (non-hydrogen) atoms. The normalized spacial score (nSPS) is 19.9. The summed E-state index contributed by atoms with van der Waals surface area (Å²) in [6, 6.07) is 8.02. The largest absolute Gasteiger partial charge is 0.493 e. The predicted octanol–water partition coefficient (Wildman–Crippen LogP) is 3.25. The van der Waals surface area contributed by atoms with Gasteiger partial charge in [0.05, 0.1) is 6.61 Å². The van der Waals surface area contributed by atoms with Crippen molar-refractivity contribution in [1.82, 2.24) is 5.32 Å². The van der Waals surface area contributed by atoms with E-state index in [1.807, 2.05) is 24.3 Å². The summed E-state index contributed by atoms with van der Waals surface area (Å²) in [6.45, 7) is 3.08. The van der Waals surface area contributed by atoms with Gasteiger partial charge in [-0.3, -0.25) is 0 Å². The highest BCUT2D eigenvalue weighted by Gasteiger charge is 2.13. The van der Waals surface area contributed by atoms with E-state index in [1.54, 1.807) is 0 Å². The summed E-state index contributed by atoms with van der Waals surface area (Å²) in [5.74, 6) is 1.63. The fourth-order valence-corrected chi connectivity index (χ4v) is 2.08. The molecule has 0 bridgehead atoms. The molecular formula is C12H17BrClNO. The van der Waals surface area contributed by atoms with Crippen molar-refractivity contribution in [3.63, 3.8) is 0 Å². The molecule has 1 heterocycles. The summed E-state index contributed by atoms with van der Waals surface area (Å²) >= 11 is 3.41. The quantitative estimate of drug-likeness (QED) is 0.925. The van der Waals surface area contributed by atoms with Crippen LogP contribution in [0.4, 0.5) is 0 Å². The molecule has 0 amide bonds. The van der Waals surface area contributed by atoms with Crippen LogP contribution in [-0.2, 0) is 0 Å². The van der Waals surface area contributed by atoms with Crippen molar-refractivity contribution < 1.29 is 4.74 Å². The van der Waals surface area contributed by atoms with Gasteiger partial charge in [0, 0.05) is 16.9 Å². The molecule has 1 aromatic carbocycles. The van der Waals surface area contributed by atoms with E-state index in [4.69, 9.17) is 4.74 Å². The van der Waals surface area contributed by atoms with Crippen LogP contribution in [0.1, 0.15) is 12.8 Å². The molecule has 2 nitrogen and oxygen atoms in total. The van der Waals surface area contributed by atoms with Crippen molar-refractivity contribution in [1.29, 1.82) is 0 Å². The van der Waals surface area contributed by atoms with Gasteiger partial charge in [-0.15, -0.1) is 12.4 Å². The molecule has 0 spiro atoms. The molecule has 1 saturated heterocycles. The molecule has 0 aromatic heterocycles. The Labute approximate surface area is 111 Å². The topological polar surface area (TPSA) is 21.3 Å². The fraction of sp³-hybridized carbons (Fsp3) is 0.500. The van der Waals surface area contributed by atoms with Gasteiger partial charge >= 0.3 is 0 Å². The molecule has 1 unspecified atom stereocenters. The first kappa shape index (κ1) is 13.8. The summed E-state index contributed by atoms with van der Waals surface area (Å²) in [5.41, 5.74) is 0. The number of rotatable bonds is 3. The molecule has 1 aromatic rings. The highest BCUT2D eigenvalue weighted by atomic mass is 79.9. The lowest BCUT2D eigenvalue weighted by Gasteiger charge is -2.22. The number of benzene rings is 1. The summed E-state index contributed by atoms with van der Waals surface area (Å²) in [5, 5.41) is 3.39. The van der Waals surface area contributed by atoms with Crippen LogP contribution in [0, 0.1) is 5.92 Å². The first-order valence-corrected chi connectivity index (χ1v) is 6.23. The third-order valence-corrected chi connectivity index (χ3v) is 3.23. The van der Waals surface area contributed by atoms with Gasteiger partial charge in [0.2, 0.25) is 0 Å². The molecule has 0 radical (unpaired) electrons. The smallest absolute Gasteiger partial charge is 0.119 e. The summed E-state index contributed by atoms with van der Waals surface area (Å²) in [7, 11) is 0. The van der Waals surface area contributed by atoms with Crippen molar-refractivity contribution in [2.45, 2.75) is 12.8 Å². The molecule has 1 N–H and O–H groups in total. The summed E-state index contributed by atoms with van der Waals surface area (Å²) < 4.78 is 6.83. The third-order valence-electron chi connectivity index (χ3n) is 2.70. The molecule has 0 aliphatic carbocycles. The zero-order chi connectivity index (χ0) is 10.5. The average molecular weight is 307 g/mol. The number of hydrogen-bond acceptors (Lipinski definition) is 2. The Kier molecular flexibility index (Phi) is 6.17. The van der Waals surface area contributed by atoms with Crippen LogP contribution in [0.15, 0.2) is 28.7 Å². The second-order valence-electron chi connectivity index (χ2n) is 3.98. The zero-order valence-electron chi connectivity index (χ0n) is 9.12. The van der Waals surface area contributed by atoms with Crippen molar-refractivity contribution in [3.05, 3.63) is 28.7 Å². The number of nitrogens with one attached hydrogen (secondary N) is 1. The standard InChI is InChI=1S/C12H16BrNO.ClH/c13-11-3-5-12(6-4-11)15-9-10-2-1-7-14-8-10;/h3-6,10,14H,1-2,7-9H2;1H. The van der Waals surface area contributed by atoms with E-state index >= 15 is 0 Å². The Bertz CT molecular complexity index is 298. The zero-order valence-corrected chi connectivity index (χ0v) is 11.5. The van der Waals surface area contributed by atoms with Gasteiger partial charge in [0.25, 0.3) is 0 Å². The summed E-state index contributed by atoms with van der Waals surface area (Å²) in [6.07, 6.45) is 2.55. The van der Waals surface area contributed by atoms with E-state index in [9.17, 15) is 0 Å². The molecule has 0 saturated carbocycles. The highest BCUT2D eigenvalue weighted by molar-refractivity contribution is 9.10. The SMILES string of the molecule is Brc1ccc(OCC2CCCNC2)cc1.Cl. The minimum absolute atomic E-state index is 0. The monoisotopic (exact) mass is 305 g/mol. The molecule has 2 rings (SSSR count). The van der Waals surface area contributed by atoms with Gasteiger partial charge in [-0.25, -0.2) is 0 Å². The van der Waals surface area contributed by atoms with Gasteiger partial charge in [0.15, 0.2) is 0 Å². The first-order chi connectivity index (χ1) is 7.34. The maximum Gasteiger partial charge on any atom is 0.119 e. The Morgan fingerprint density at radius 3 is 2.69 bits per heavy atom. The van der Waals surface area contributed by atoms with Gasteiger partial charge in [0.1, 0.15) is 5.75 Å². The molecular weight excluding hydrogens is 289 g/mol. The van der Waals surface area contributed by atoms with Gasteiger partial charge in [-0.1, -0.05) is 15.9 Å². The Morgan fingerprint density at radius 2 is 2.06 bits per heavy atom. The van der Waals surface area contributed by atoms with Crippen LogP contribution in [0.2, 0.25) is 0 Å². The number of ether oxygens (including phenoxy) is 1. The van der Waals surface area contributed by atoms with Crippen LogP contribution >= 0.6 is 28.3 Å². The van der Waals surface area contributed by atoms with Crippen molar-refractivity contribution in [3.8, 4) is 5.75 Å². The Hall–Kier alpha value is -0.250. The Morgan fingerprint density at radius 1 is 1.31 bits per heavy atom. The van der Waals surface area contributed by atoms with E-state index in [-0.39, 0.29) is 12.4 Å². The molecule has 90 valence electrons. The van der Waals surface area contributed by atoms with Crippen molar-refractivity contribution in [2.75, 3.05) is 19.7 Å². The highest BCUT2D eigenvalue weighted by Crippen LogP contribution is 2.18. The number of halogens is 2. The van der Waals surface area contributed by atoms with Crippen LogP contribution in [0.3, 0.4) is 0 Å². The maximum atomic E-state index is 5.74. The number of piperidine rings is 1. The molecule has 1 aliphatic heterocycles. The van der Waals surface area contributed by atoms with E-state index in [0.29, 0.717) is 5.92 Å². The van der Waals surface area contributed by atoms with E-state index in [2.05, 4.69) is 21.2 Å². The number of hydrogen-bond donors (Lipinski definition) is 1. The third kappa shape index (κ3) is 4.32. The average Bonchev–Trinajstić information content (AvgIpc) is 2.30. The lowest BCUT2D eigenvalue weighted by molar-refractivity contribution is 0.218. The molecule has 1 fully saturated rings. The first-order valence-electron chi connectivity index (χ1n) is 5.44. The lowest BCUT2D eigenvalue weighted by atomic mass is 10.0. The predicted molar refractivity (Wildman–Crippen MR) is 72.5 cm³/mol. The maximum absolute atomic E-state index is 5.74. The van der Waals surface area contributed by atoms with Gasteiger partial charge in [-0.05, 0) is 43.7 Å². The van der Waals surface area contributed by atoms with Crippen molar-refractivity contribution in [2.24, 2.45) is 5.92 Å². The van der Waals surface area contributed by atoms with Crippen molar-refractivity contribution >= 4 is 28.3 Å². The minimum atomic E-state index is 0. The molecule has 1 atom stereocenters. The fourth-order valence-electron chi connectivity index (χ4n) is 1.81.